The van der Waals surface area contributed by atoms with Crippen LogP contribution in [0.1, 0.15) is 44.1 Å². The molecule has 0 bridgehead atoms. The Morgan fingerprint density at radius 1 is 1.22 bits per heavy atom. The van der Waals surface area contributed by atoms with E-state index in [1.807, 2.05) is 29.2 Å². The van der Waals surface area contributed by atoms with Gasteiger partial charge >= 0.3 is 0 Å². The number of para-hydroxylation sites is 1. The number of nitrogens with zero attached hydrogens (tertiary/aromatic N) is 1. The molecule has 0 spiro atoms. The van der Waals surface area contributed by atoms with Crippen LogP contribution in [0.3, 0.4) is 0 Å². The SMILES string of the molecule is COc1ccccc1CC(=O)N1CCC(NC(=O)CCC2CCCO2)CC1. The number of amides is 2. The molecular formula is C21H30N2O4. The van der Waals surface area contributed by atoms with Crippen LogP contribution in [0.5, 0.6) is 5.75 Å². The van der Waals surface area contributed by atoms with Crippen molar-refractivity contribution in [3.05, 3.63) is 29.8 Å². The summed E-state index contributed by atoms with van der Waals surface area (Å²) in [5.74, 6) is 0.964. The molecule has 6 heteroatoms. The third kappa shape index (κ3) is 5.70. The lowest BCUT2D eigenvalue weighted by Gasteiger charge is -2.32. The van der Waals surface area contributed by atoms with Gasteiger partial charge in [0.05, 0.1) is 19.6 Å². The second-order valence-corrected chi connectivity index (χ2v) is 7.38. The summed E-state index contributed by atoms with van der Waals surface area (Å²) in [6.07, 6.45) is 5.73. The van der Waals surface area contributed by atoms with Gasteiger partial charge in [-0.2, -0.15) is 0 Å². The van der Waals surface area contributed by atoms with Gasteiger partial charge in [0.1, 0.15) is 5.75 Å². The fourth-order valence-electron chi connectivity index (χ4n) is 3.86. The number of methoxy groups -OCH3 is 1. The number of rotatable bonds is 7. The van der Waals surface area contributed by atoms with E-state index >= 15 is 0 Å². The predicted octanol–water partition coefficient (Wildman–Crippen LogP) is 2.30. The van der Waals surface area contributed by atoms with Crippen LogP contribution in [0.2, 0.25) is 0 Å². The highest BCUT2D eigenvalue weighted by atomic mass is 16.5. The fraction of sp³-hybridized carbons (Fsp3) is 0.619. The van der Waals surface area contributed by atoms with Gasteiger partial charge in [-0.3, -0.25) is 9.59 Å². The van der Waals surface area contributed by atoms with Gasteiger partial charge in [-0.15, -0.1) is 0 Å². The lowest BCUT2D eigenvalue weighted by atomic mass is 10.0. The van der Waals surface area contributed by atoms with Crippen LogP contribution in [0, 0.1) is 0 Å². The Bertz CT molecular complexity index is 635. The van der Waals surface area contributed by atoms with Crippen LogP contribution < -0.4 is 10.1 Å². The topological polar surface area (TPSA) is 67.9 Å². The molecule has 1 aromatic rings. The fourth-order valence-corrected chi connectivity index (χ4v) is 3.86. The van der Waals surface area contributed by atoms with E-state index in [0.717, 1.165) is 50.0 Å². The number of benzene rings is 1. The Balaban J connectivity index is 1.39. The largest absolute Gasteiger partial charge is 0.496 e. The molecule has 0 saturated carbocycles. The molecule has 0 aliphatic carbocycles. The smallest absolute Gasteiger partial charge is 0.227 e. The lowest BCUT2D eigenvalue weighted by molar-refractivity contribution is -0.131. The van der Waals surface area contributed by atoms with Gasteiger partial charge in [-0.25, -0.2) is 0 Å². The molecule has 27 heavy (non-hydrogen) atoms. The average molecular weight is 374 g/mol. The van der Waals surface area contributed by atoms with Crippen molar-refractivity contribution in [2.24, 2.45) is 0 Å². The van der Waals surface area contributed by atoms with Crippen LogP contribution in [0.25, 0.3) is 0 Å². The minimum Gasteiger partial charge on any atom is -0.496 e. The van der Waals surface area contributed by atoms with Crippen LogP contribution in [0.4, 0.5) is 0 Å². The summed E-state index contributed by atoms with van der Waals surface area (Å²) in [5.41, 5.74) is 0.912. The Morgan fingerprint density at radius 2 is 2.00 bits per heavy atom. The zero-order valence-corrected chi connectivity index (χ0v) is 16.1. The van der Waals surface area contributed by atoms with Crippen molar-refractivity contribution >= 4 is 11.8 Å². The van der Waals surface area contributed by atoms with Gasteiger partial charge < -0.3 is 19.7 Å². The minimum atomic E-state index is 0.101. The van der Waals surface area contributed by atoms with E-state index in [9.17, 15) is 9.59 Å². The molecule has 1 aromatic carbocycles. The quantitative estimate of drug-likeness (QED) is 0.795. The van der Waals surface area contributed by atoms with Crippen LogP contribution in [-0.2, 0) is 20.7 Å². The Kier molecular flexibility index (Phi) is 7.10. The van der Waals surface area contributed by atoms with Gasteiger partial charge in [-0.05, 0) is 38.2 Å². The third-order valence-electron chi connectivity index (χ3n) is 5.46. The van der Waals surface area contributed by atoms with E-state index in [0.29, 0.717) is 25.9 Å². The van der Waals surface area contributed by atoms with E-state index in [1.54, 1.807) is 7.11 Å². The monoisotopic (exact) mass is 374 g/mol. The zero-order valence-electron chi connectivity index (χ0n) is 16.1. The molecular weight excluding hydrogens is 344 g/mol. The zero-order chi connectivity index (χ0) is 19.1. The molecule has 6 nitrogen and oxygen atoms in total. The molecule has 2 fully saturated rings. The highest BCUT2D eigenvalue weighted by Gasteiger charge is 2.25. The normalized spacial score (nSPS) is 20.5. The Morgan fingerprint density at radius 3 is 2.70 bits per heavy atom. The molecule has 2 amide bonds. The standard InChI is InChI=1S/C21H30N2O4/c1-26-19-7-3-2-5-16(19)15-21(25)23-12-10-17(11-13-23)22-20(24)9-8-18-6-4-14-27-18/h2-3,5,7,17-18H,4,6,8-15H2,1H3,(H,22,24). The number of nitrogens with one attached hydrogen (secondary N) is 1. The van der Waals surface area contributed by atoms with E-state index < -0.39 is 0 Å². The Labute approximate surface area is 161 Å². The molecule has 2 saturated heterocycles. The van der Waals surface area contributed by atoms with Crippen molar-refractivity contribution in [2.75, 3.05) is 26.8 Å². The summed E-state index contributed by atoms with van der Waals surface area (Å²) in [5, 5.41) is 3.12. The van der Waals surface area contributed by atoms with Crippen LogP contribution in [-0.4, -0.2) is 55.7 Å². The maximum Gasteiger partial charge on any atom is 0.227 e. The van der Waals surface area contributed by atoms with Crippen molar-refractivity contribution in [3.63, 3.8) is 0 Å². The first-order chi connectivity index (χ1) is 13.2. The summed E-state index contributed by atoms with van der Waals surface area (Å²) in [7, 11) is 1.62. The summed E-state index contributed by atoms with van der Waals surface area (Å²) < 4.78 is 10.9. The molecule has 1 unspecified atom stereocenters. The summed E-state index contributed by atoms with van der Waals surface area (Å²) in [6.45, 7) is 2.20. The van der Waals surface area contributed by atoms with E-state index in [2.05, 4.69) is 5.32 Å². The number of carbonyl (C=O) groups is 2. The van der Waals surface area contributed by atoms with Crippen LogP contribution >= 0.6 is 0 Å². The first-order valence-electron chi connectivity index (χ1n) is 9.96. The van der Waals surface area contributed by atoms with Crippen molar-refractivity contribution < 1.29 is 19.1 Å². The molecule has 2 heterocycles. The third-order valence-corrected chi connectivity index (χ3v) is 5.46. The van der Waals surface area contributed by atoms with Gasteiger partial charge in [0, 0.05) is 37.7 Å². The Hall–Kier alpha value is -2.08. The molecule has 148 valence electrons. The number of ether oxygens (including phenoxy) is 2. The molecule has 3 rings (SSSR count). The molecule has 1 N–H and O–H groups in total. The molecule has 0 aromatic heterocycles. The van der Waals surface area contributed by atoms with E-state index in [-0.39, 0.29) is 24.0 Å². The van der Waals surface area contributed by atoms with Gasteiger partial charge in [0.25, 0.3) is 0 Å². The summed E-state index contributed by atoms with van der Waals surface area (Å²) >= 11 is 0. The molecule has 0 radical (unpaired) electrons. The van der Waals surface area contributed by atoms with Crippen molar-refractivity contribution in [3.8, 4) is 5.75 Å². The number of hydrogen-bond acceptors (Lipinski definition) is 4. The minimum absolute atomic E-state index is 0.101. The number of likely N-dealkylation sites (tertiary alicyclic amines) is 1. The predicted molar refractivity (Wildman–Crippen MR) is 103 cm³/mol. The summed E-state index contributed by atoms with van der Waals surface area (Å²) in [6, 6.07) is 7.79. The number of carbonyl (C=O) groups excluding carboxylic acids is 2. The van der Waals surface area contributed by atoms with Crippen molar-refractivity contribution in [1.29, 1.82) is 0 Å². The van der Waals surface area contributed by atoms with Crippen LogP contribution in [0.15, 0.2) is 24.3 Å². The molecule has 2 aliphatic rings. The second-order valence-electron chi connectivity index (χ2n) is 7.38. The number of piperidine rings is 1. The number of hydrogen-bond donors (Lipinski definition) is 1. The lowest BCUT2D eigenvalue weighted by Crippen LogP contribution is -2.47. The summed E-state index contributed by atoms with van der Waals surface area (Å²) in [4.78, 5) is 26.6. The highest BCUT2D eigenvalue weighted by Crippen LogP contribution is 2.20. The molecule has 1 atom stereocenters. The first-order valence-corrected chi connectivity index (χ1v) is 9.96. The maximum absolute atomic E-state index is 12.6. The maximum atomic E-state index is 12.6. The van der Waals surface area contributed by atoms with Crippen molar-refractivity contribution in [1.82, 2.24) is 10.2 Å². The van der Waals surface area contributed by atoms with Gasteiger partial charge in [-0.1, -0.05) is 18.2 Å². The first kappa shape index (κ1) is 19.7. The average Bonchev–Trinajstić information content (AvgIpc) is 3.21. The van der Waals surface area contributed by atoms with Crippen molar-refractivity contribution in [2.45, 2.75) is 57.1 Å². The molecule has 2 aliphatic heterocycles. The van der Waals surface area contributed by atoms with Gasteiger partial charge in [0.15, 0.2) is 0 Å². The van der Waals surface area contributed by atoms with E-state index in [4.69, 9.17) is 9.47 Å². The highest BCUT2D eigenvalue weighted by molar-refractivity contribution is 5.80. The second kappa shape index (κ2) is 9.74. The van der Waals surface area contributed by atoms with E-state index in [1.165, 1.54) is 0 Å². The van der Waals surface area contributed by atoms with Gasteiger partial charge in [0.2, 0.25) is 11.8 Å².